The van der Waals surface area contributed by atoms with Crippen molar-refractivity contribution >= 4 is 39.5 Å². The number of benzene rings is 2. The fourth-order valence-electron chi connectivity index (χ4n) is 3.28. The summed E-state index contributed by atoms with van der Waals surface area (Å²) in [6.45, 7) is 5.90. The van der Waals surface area contributed by atoms with Gasteiger partial charge in [0.05, 0.1) is 16.3 Å². The van der Waals surface area contributed by atoms with Crippen LogP contribution in [0.25, 0.3) is 10.2 Å². The predicted octanol–water partition coefficient (Wildman–Crippen LogP) is 5.47. The second kappa shape index (κ2) is 12.3. The maximum atomic E-state index is 13.2. The van der Waals surface area contributed by atoms with Crippen molar-refractivity contribution < 1.29 is 23.9 Å². The normalized spacial score (nSPS) is 12.1. The van der Waals surface area contributed by atoms with Gasteiger partial charge in [-0.15, -0.1) is 11.3 Å². The van der Waals surface area contributed by atoms with Crippen molar-refractivity contribution in [3.8, 4) is 0 Å². The van der Waals surface area contributed by atoms with Crippen LogP contribution in [-0.4, -0.2) is 41.1 Å². The van der Waals surface area contributed by atoms with Gasteiger partial charge in [0.15, 0.2) is 5.01 Å². The molecule has 35 heavy (non-hydrogen) atoms. The minimum Gasteiger partial charge on any atom is -0.445 e. The standard InChI is InChI=1S/C26H31N3O5S/c1-26(2,3)34-24(31)27-16-10-9-14-20(29-25(32)33-17-18-11-5-4-6-12-18)22(30)23-28-19-13-7-8-15-21(19)35-23/h4-8,11-13,15,20H,9-10,14,16-17H2,1-3H3,(H,27,31)(H,29,32). The van der Waals surface area contributed by atoms with Gasteiger partial charge in [-0.3, -0.25) is 4.79 Å². The molecule has 0 radical (unpaired) electrons. The van der Waals surface area contributed by atoms with Gasteiger partial charge in [-0.1, -0.05) is 42.5 Å². The number of nitrogens with one attached hydrogen (secondary N) is 2. The topological polar surface area (TPSA) is 107 Å². The number of nitrogens with zero attached hydrogens (tertiary/aromatic N) is 1. The summed E-state index contributed by atoms with van der Waals surface area (Å²) < 4.78 is 11.4. The van der Waals surface area contributed by atoms with Crippen molar-refractivity contribution in [3.63, 3.8) is 0 Å². The van der Waals surface area contributed by atoms with E-state index in [2.05, 4.69) is 15.6 Å². The van der Waals surface area contributed by atoms with Crippen LogP contribution in [0.15, 0.2) is 54.6 Å². The van der Waals surface area contributed by atoms with Crippen LogP contribution in [0.4, 0.5) is 9.59 Å². The van der Waals surface area contributed by atoms with Gasteiger partial charge in [-0.05, 0) is 57.7 Å². The minimum atomic E-state index is -0.791. The van der Waals surface area contributed by atoms with Gasteiger partial charge in [0, 0.05) is 6.54 Å². The Balaban J connectivity index is 1.58. The van der Waals surface area contributed by atoms with Gasteiger partial charge in [0.25, 0.3) is 0 Å². The number of rotatable bonds is 10. The quantitative estimate of drug-likeness (QED) is 0.284. The summed E-state index contributed by atoms with van der Waals surface area (Å²) in [5.74, 6) is -0.261. The molecule has 1 unspecified atom stereocenters. The minimum absolute atomic E-state index is 0.106. The van der Waals surface area contributed by atoms with Crippen LogP contribution in [0, 0.1) is 0 Å². The van der Waals surface area contributed by atoms with Crippen LogP contribution >= 0.6 is 11.3 Å². The number of unbranched alkanes of at least 4 members (excludes halogenated alkanes) is 1. The third kappa shape index (κ3) is 8.68. The molecule has 0 spiro atoms. The number of ketones is 1. The highest BCUT2D eigenvalue weighted by Crippen LogP contribution is 2.23. The summed E-state index contributed by atoms with van der Waals surface area (Å²) in [6, 6.07) is 16.0. The number of Topliss-reactive ketones (excluding diaryl/α,β-unsaturated/α-hetero) is 1. The van der Waals surface area contributed by atoms with Gasteiger partial charge in [0.1, 0.15) is 12.2 Å². The number of aromatic nitrogens is 1. The molecule has 0 aliphatic rings. The number of alkyl carbamates (subject to hydrolysis) is 2. The lowest BCUT2D eigenvalue weighted by molar-refractivity contribution is 0.0526. The number of para-hydroxylation sites is 1. The molecule has 1 heterocycles. The molecule has 3 aromatic rings. The molecule has 186 valence electrons. The lowest BCUT2D eigenvalue weighted by Crippen LogP contribution is -2.41. The van der Waals surface area contributed by atoms with Gasteiger partial charge < -0.3 is 20.1 Å². The molecule has 0 aliphatic carbocycles. The Morgan fingerprint density at radius 1 is 0.971 bits per heavy atom. The van der Waals surface area contributed by atoms with Crippen molar-refractivity contribution in [3.05, 3.63) is 65.2 Å². The molecular weight excluding hydrogens is 466 g/mol. The predicted molar refractivity (Wildman–Crippen MR) is 136 cm³/mol. The zero-order valence-corrected chi connectivity index (χ0v) is 21.0. The summed E-state index contributed by atoms with van der Waals surface area (Å²) >= 11 is 1.30. The highest BCUT2D eigenvalue weighted by molar-refractivity contribution is 7.20. The smallest absolute Gasteiger partial charge is 0.408 e. The molecule has 8 nitrogen and oxygen atoms in total. The molecule has 0 saturated carbocycles. The Labute approximate surface area is 209 Å². The molecule has 1 aromatic heterocycles. The van der Waals surface area contributed by atoms with E-state index in [1.807, 2.05) is 54.6 Å². The monoisotopic (exact) mass is 497 g/mol. The fraction of sp³-hybridized carbons (Fsp3) is 0.385. The van der Waals surface area contributed by atoms with Crippen molar-refractivity contribution in [2.75, 3.05) is 6.54 Å². The fourth-order valence-corrected chi connectivity index (χ4v) is 4.24. The second-order valence-corrected chi connectivity index (χ2v) is 10.1. The molecule has 0 fully saturated rings. The number of amides is 2. The van der Waals surface area contributed by atoms with Gasteiger partial charge in [-0.2, -0.15) is 0 Å². The van der Waals surface area contributed by atoms with E-state index >= 15 is 0 Å². The third-order valence-electron chi connectivity index (χ3n) is 4.91. The number of thiazole rings is 1. The number of hydrogen-bond donors (Lipinski definition) is 2. The maximum Gasteiger partial charge on any atom is 0.408 e. The number of ether oxygens (including phenoxy) is 2. The molecule has 2 amide bonds. The van der Waals surface area contributed by atoms with Crippen LogP contribution in [0.1, 0.15) is 55.4 Å². The van der Waals surface area contributed by atoms with E-state index in [9.17, 15) is 14.4 Å². The Bertz CT molecular complexity index is 1110. The number of fused-ring (bicyclic) bond motifs is 1. The number of hydrogen-bond acceptors (Lipinski definition) is 7. The first-order chi connectivity index (χ1) is 16.7. The van der Waals surface area contributed by atoms with Crippen molar-refractivity contribution in [2.24, 2.45) is 0 Å². The van der Waals surface area contributed by atoms with E-state index in [1.165, 1.54) is 11.3 Å². The van der Waals surface area contributed by atoms with Crippen LogP contribution in [-0.2, 0) is 16.1 Å². The third-order valence-corrected chi connectivity index (χ3v) is 5.96. The lowest BCUT2D eigenvalue weighted by Gasteiger charge is -2.20. The Hall–Kier alpha value is -3.46. The van der Waals surface area contributed by atoms with E-state index in [4.69, 9.17) is 9.47 Å². The maximum absolute atomic E-state index is 13.2. The highest BCUT2D eigenvalue weighted by Gasteiger charge is 2.25. The highest BCUT2D eigenvalue weighted by atomic mass is 32.1. The van der Waals surface area contributed by atoms with E-state index in [0.29, 0.717) is 30.8 Å². The Kier molecular flexibility index (Phi) is 9.19. The lowest BCUT2D eigenvalue weighted by atomic mass is 10.1. The van der Waals surface area contributed by atoms with Gasteiger partial charge in [-0.25, -0.2) is 14.6 Å². The first kappa shape index (κ1) is 26.2. The van der Waals surface area contributed by atoms with Gasteiger partial charge in [0.2, 0.25) is 5.78 Å². The number of carbonyl (C=O) groups excluding carboxylic acids is 3. The molecule has 3 rings (SSSR count). The zero-order chi connectivity index (χ0) is 25.3. The Morgan fingerprint density at radius 3 is 2.40 bits per heavy atom. The van der Waals surface area contributed by atoms with Crippen molar-refractivity contribution in [2.45, 2.75) is 58.3 Å². The number of carbonyl (C=O) groups is 3. The second-order valence-electron chi connectivity index (χ2n) is 9.03. The summed E-state index contributed by atoms with van der Waals surface area (Å²) in [6.07, 6.45) is 0.438. The zero-order valence-electron chi connectivity index (χ0n) is 20.2. The average Bonchev–Trinajstić information content (AvgIpc) is 3.25. The molecular formula is C26H31N3O5S. The summed E-state index contributed by atoms with van der Waals surface area (Å²) in [4.78, 5) is 42.0. The molecule has 0 aliphatic heterocycles. The molecule has 1 atom stereocenters. The summed E-state index contributed by atoms with van der Waals surface area (Å²) in [7, 11) is 0. The van der Waals surface area contributed by atoms with Crippen LogP contribution < -0.4 is 10.6 Å². The largest absolute Gasteiger partial charge is 0.445 e. The molecule has 9 heteroatoms. The average molecular weight is 498 g/mol. The first-order valence-corrected chi connectivity index (χ1v) is 12.4. The van der Waals surface area contributed by atoms with E-state index in [1.54, 1.807) is 20.8 Å². The molecule has 0 bridgehead atoms. The SMILES string of the molecule is CC(C)(C)OC(=O)NCCCCC(NC(=O)OCc1ccccc1)C(=O)c1nc2ccccc2s1. The Morgan fingerprint density at radius 2 is 1.69 bits per heavy atom. The van der Waals surface area contributed by atoms with Crippen molar-refractivity contribution in [1.29, 1.82) is 0 Å². The van der Waals surface area contributed by atoms with Crippen LogP contribution in [0.3, 0.4) is 0 Å². The van der Waals surface area contributed by atoms with E-state index in [0.717, 1.165) is 15.8 Å². The van der Waals surface area contributed by atoms with Gasteiger partial charge >= 0.3 is 12.2 Å². The van der Waals surface area contributed by atoms with E-state index < -0.39 is 23.8 Å². The molecule has 2 aromatic carbocycles. The summed E-state index contributed by atoms with van der Waals surface area (Å²) in [5.41, 5.74) is 1.03. The molecule has 2 N–H and O–H groups in total. The van der Waals surface area contributed by atoms with Crippen molar-refractivity contribution in [1.82, 2.24) is 15.6 Å². The van der Waals surface area contributed by atoms with Crippen LogP contribution in [0.2, 0.25) is 0 Å². The van der Waals surface area contributed by atoms with E-state index in [-0.39, 0.29) is 12.4 Å². The first-order valence-electron chi connectivity index (χ1n) is 11.5. The van der Waals surface area contributed by atoms with Crippen LogP contribution in [0.5, 0.6) is 0 Å². The molecule has 0 saturated heterocycles. The summed E-state index contributed by atoms with van der Waals surface area (Å²) in [5, 5.41) is 5.75.